The first-order chi connectivity index (χ1) is 17.5. The zero-order valence-corrected chi connectivity index (χ0v) is 22.9. The molecule has 0 spiro atoms. The van der Waals surface area contributed by atoms with Crippen LogP contribution in [0.4, 0.5) is 11.5 Å². The van der Waals surface area contributed by atoms with Gasteiger partial charge in [-0.2, -0.15) is 0 Å². The summed E-state index contributed by atoms with van der Waals surface area (Å²) in [5, 5.41) is 6.21. The van der Waals surface area contributed by atoms with Gasteiger partial charge in [-0.1, -0.05) is 52.8 Å². The van der Waals surface area contributed by atoms with Crippen LogP contribution in [0.1, 0.15) is 74.1 Å². The van der Waals surface area contributed by atoms with Crippen LogP contribution in [-0.2, 0) is 21.9 Å². The smallest absolute Gasteiger partial charge is 0.255 e. The van der Waals surface area contributed by atoms with Crippen molar-refractivity contribution >= 4 is 27.4 Å². The minimum atomic E-state index is -3.70. The fraction of sp³-hybridized carbons (Fsp3) is 0.379. The van der Waals surface area contributed by atoms with E-state index in [4.69, 9.17) is 0 Å². The van der Waals surface area contributed by atoms with Gasteiger partial charge in [0.05, 0.1) is 10.5 Å². The third kappa shape index (κ3) is 6.02. The summed E-state index contributed by atoms with van der Waals surface area (Å²) in [6, 6.07) is 16.1. The van der Waals surface area contributed by atoms with Gasteiger partial charge in [-0.15, -0.1) is 0 Å². The summed E-state index contributed by atoms with van der Waals surface area (Å²) in [7, 11) is -3.70. The molecule has 3 N–H and O–H groups in total. The maximum Gasteiger partial charge on any atom is 0.255 e. The Labute approximate surface area is 220 Å². The molecule has 1 aromatic heterocycles. The van der Waals surface area contributed by atoms with E-state index in [0.717, 1.165) is 28.8 Å². The molecule has 7 nitrogen and oxygen atoms in total. The van der Waals surface area contributed by atoms with Gasteiger partial charge in [0.2, 0.25) is 10.0 Å². The molecule has 0 radical (unpaired) electrons. The Morgan fingerprint density at radius 1 is 1.11 bits per heavy atom. The highest BCUT2D eigenvalue weighted by atomic mass is 32.2. The molecule has 0 saturated heterocycles. The molecule has 3 aromatic rings. The van der Waals surface area contributed by atoms with E-state index in [1.54, 1.807) is 30.5 Å². The number of nitrogens with one attached hydrogen (secondary N) is 3. The SMILES string of the molecule is CCc1ccc(S(=O)(=O)NC2CC(C)(C)c3ccc(Nc4ncccc4C(=O)NCC(C)C)cc32)cc1. The van der Waals surface area contributed by atoms with Crippen molar-refractivity contribution in [3.8, 4) is 0 Å². The lowest BCUT2D eigenvalue weighted by molar-refractivity contribution is 0.0949. The molecule has 1 atom stereocenters. The van der Waals surface area contributed by atoms with E-state index < -0.39 is 10.0 Å². The van der Waals surface area contributed by atoms with Crippen molar-refractivity contribution in [3.05, 3.63) is 83.0 Å². The summed E-state index contributed by atoms with van der Waals surface area (Å²) in [5.41, 5.74) is 4.11. The molecule has 1 unspecified atom stereocenters. The van der Waals surface area contributed by atoms with Gasteiger partial charge in [0.25, 0.3) is 5.91 Å². The summed E-state index contributed by atoms with van der Waals surface area (Å²) < 4.78 is 29.4. The first-order valence-electron chi connectivity index (χ1n) is 12.8. The first-order valence-corrected chi connectivity index (χ1v) is 14.2. The number of nitrogens with zero attached hydrogens (tertiary/aromatic N) is 1. The Morgan fingerprint density at radius 3 is 2.51 bits per heavy atom. The maximum absolute atomic E-state index is 13.2. The van der Waals surface area contributed by atoms with Crippen molar-refractivity contribution in [2.24, 2.45) is 5.92 Å². The second-order valence-electron chi connectivity index (χ2n) is 10.7. The van der Waals surface area contributed by atoms with Crippen LogP contribution in [0.25, 0.3) is 0 Å². The van der Waals surface area contributed by atoms with Crippen LogP contribution in [0, 0.1) is 5.92 Å². The van der Waals surface area contributed by atoms with Gasteiger partial charge in [0.15, 0.2) is 0 Å². The molecule has 0 bridgehead atoms. The fourth-order valence-corrected chi connectivity index (χ4v) is 5.97. The van der Waals surface area contributed by atoms with Gasteiger partial charge in [-0.25, -0.2) is 18.1 Å². The monoisotopic (exact) mass is 520 g/mol. The number of aryl methyl sites for hydroxylation is 1. The van der Waals surface area contributed by atoms with Crippen molar-refractivity contribution in [2.75, 3.05) is 11.9 Å². The van der Waals surface area contributed by atoms with Gasteiger partial charge in [-0.05, 0) is 77.3 Å². The molecule has 0 aliphatic heterocycles. The van der Waals surface area contributed by atoms with Gasteiger partial charge in [0, 0.05) is 24.5 Å². The number of hydrogen-bond acceptors (Lipinski definition) is 5. The Kier molecular flexibility index (Phi) is 7.71. The van der Waals surface area contributed by atoms with Crippen molar-refractivity contribution in [3.63, 3.8) is 0 Å². The second-order valence-corrected chi connectivity index (χ2v) is 12.4. The van der Waals surface area contributed by atoms with Crippen LogP contribution in [-0.4, -0.2) is 25.9 Å². The Hall–Kier alpha value is -3.23. The van der Waals surface area contributed by atoms with Crippen molar-refractivity contribution in [2.45, 2.75) is 63.8 Å². The van der Waals surface area contributed by atoms with Gasteiger partial charge >= 0.3 is 0 Å². The zero-order chi connectivity index (χ0) is 26.8. The lowest BCUT2D eigenvalue weighted by Gasteiger charge is -2.19. The third-order valence-electron chi connectivity index (χ3n) is 6.80. The summed E-state index contributed by atoms with van der Waals surface area (Å²) in [4.78, 5) is 17.4. The van der Waals surface area contributed by atoms with Crippen LogP contribution < -0.4 is 15.4 Å². The fourth-order valence-electron chi connectivity index (χ4n) is 4.76. The lowest BCUT2D eigenvalue weighted by atomic mass is 9.86. The minimum absolute atomic E-state index is 0.189. The predicted octanol–water partition coefficient (Wildman–Crippen LogP) is 5.47. The molecular weight excluding hydrogens is 484 g/mol. The second kappa shape index (κ2) is 10.6. The zero-order valence-electron chi connectivity index (χ0n) is 22.1. The quantitative estimate of drug-likeness (QED) is 0.347. The highest BCUT2D eigenvalue weighted by molar-refractivity contribution is 7.89. The number of hydrogen-bond donors (Lipinski definition) is 3. The third-order valence-corrected chi connectivity index (χ3v) is 8.28. The Balaban J connectivity index is 1.60. The van der Waals surface area contributed by atoms with Gasteiger partial charge in [-0.3, -0.25) is 4.79 Å². The summed E-state index contributed by atoms with van der Waals surface area (Å²) in [6.45, 7) is 10.9. The normalized spacial score (nSPS) is 16.4. The molecule has 1 aliphatic rings. The molecule has 2 aromatic carbocycles. The van der Waals surface area contributed by atoms with E-state index in [9.17, 15) is 13.2 Å². The minimum Gasteiger partial charge on any atom is -0.352 e. The van der Waals surface area contributed by atoms with E-state index in [1.165, 1.54) is 0 Å². The Morgan fingerprint density at radius 2 is 1.84 bits per heavy atom. The molecular formula is C29H36N4O3S. The number of aromatic nitrogens is 1. The van der Waals surface area contributed by atoms with Gasteiger partial charge < -0.3 is 10.6 Å². The number of pyridine rings is 1. The van der Waals surface area contributed by atoms with Crippen molar-refractivity contribution < 1.29 is 13.2 Å². The Bertz CT molecular complexity index is 1380. The average Bonchev–Trinajstić information content (AvgIpc) is 3.11. The van der Waals surface area contributed by atoms with E-state index in [2.05, 4.69) is 34.2 Å². The van der Waals surface area contributed by atoms with E-state index in [0.29, 0.717) is 30.3 Å². The van der Waals surface area contributed by atoms with E-state index in [-0.39, 0.29) is 22.3 Å². The number of fused-ring (bicyclic) bond motifs is 1. The van der Waals surface area contributed by atoms with Crippen LogP contribution in [0.2, 0.25) is 0 Å². The van der Waals surface area contributed by atoms with Crippen LogP contribution in [0.5, 0.6) is 0 Å². The van der Waals surface area contributed by atoms with Crippen molar-refractivity contribution in [1.82, 2.24) is 15.0 Å². The molecule has 1 heterocycles. The average molecular weight is 521 g/mol. The molecule has 37 heavy (non-hydrogen) atoms. The molecule has 196 valence electrons. The van der Waals surface area contributed by atoms with E-state index in [1.807, 2.05) is 51.1 Å². The number of carbonyl (C=O) groups excluding carboxylic acids is 1. The maximum atomic E-state index is 13.2. The lowest BCUT2D eigenvalue weighted by Crippen LogP contribution is -2.28. The summed E-state index contributed by atoms with van der Waals surface area (Å²) in [6.07, 6.45) is 3.13. The molecule has 0 fully saturated rings. The van der Waals surface area contributed by atoms with E-state index >= 15 is 0 Å². The topological polar surface area (TPSA) is 100 Å². The predicted molar refractivity (Wildman–Crippen MR) is 148 cm³/mol. The molecule has 4 rings (SSSR count). The highest BCUT2D eigenvalue weighted by Gasteiger charge is 2.39. The molecule has 8 heteroatoms. The van der Waals surface area contributed by atoms with Crippen LogP contribution >= 0.6 is 0 Å². The highest BCUT2D eigenvalue weighted by Crippen LogP contribution is 2.46. The number of amides is 1. The first kappa shape index (κ1) is 26.8. The standard InChI is InChI=1S/C29H36N4O3S/c1-6-20-9-12-22(13-10-20)37(35,36)33-26-17-29(4,5)25-14-11-21(16-24(25)26)32-27-23(8-7-15-30-27)28(34)31-18-19(2)3/h7-16,19,26,33H,6,17-18H2,1-5H3,(H,30,32)(H,31,34). The summed E-state index contributed by atoms with van der Waals surface area (Å²) >= 11 is 0. The van der Waals surface area contributed by atoms with Crippen molar-refractivity contribution in [1.29, 1.82) is 0 Å². The largest absolute Gasteiger partial charge is 0.352 e. The number of anilines is 2. The number of rotatable bonds is 9. The molecule has 0 saturated carbocycles. The van der Waals surface area contributed by atoms with Crippen LogP contribution in [0.15, 0.2) is 65.7 Å². The molecule has 1 amide bonds. The number of sulfonamides is 1. The molecule has 1 aliphatic carbocycles. The number of carbonyl (C=O) groups is 1. The number of benzene rings is 2. The summed E-state index contributed by atoms with van der Waals surface area (Å²) in [5.74, 6) is 0.600. The van der Waals surface area contributed by atoms with Gasteiger partial charge in [0.1, 0.15) is 5.82 Å². The van der Waals surface area contributed by atoms with Crippen LogP contribution in [0.3, 0.4) is 0 Å².